The number of aromatic carboxylic acids is 2. The van der Waals surface area contributed by atoms with Crippen molar-refractivity contribution >= 4 is 33.9 Å². The van der Waals surface area contributed by atoms with Gasteiger partial charge in [-0.2, -0.15) is 0 Å². The monoisotopic (exact) mass is 374 g/mol. The maximum absolute atomic E-state index is 12.1. The molecule has 0 spiro atoms. The summed E-state index contributed by atoms with van der Waals surface area (Å²) in [5.41, 5.74) is -1.35. The third-order valence-electron chi connectivity index (χ3n) is 3.56. The molecule has 0 aliphatic carbocycles. The summed E-state index contributed by atoms with van der Waals surface area (Å²) in [6, 6.07) is 2.68. The van der Waals surface area contributed by atoms with Gasteiger partial charge in [0.2, 0.25) is 0 Å². The summed E-state index contributed by atoms with van der Waals surface area (Å²) in [6.45, 7) is 1.64. The molecule has 0 aliphatic rings. The van der Waals surface area contributed by atoms with Crippen LogP contribution in [0.2, 0.25) is 0 Å². The number of carboxylic acid groups (broad SMARTS) is 2. The molecule has 122 valence electrons. The van der Waals surface area contributed by atoms with E-state index in [2.05, 4.69) is 0 Å². The van der Waals surface area contributed by atoms with Crippen LogP contribution in [0.4, 0.5) is 0 Å². The fourth-order valence-electron chi connectivity index (χ4n) is 2.50. The van der Waals surface area contributed by atoms with Crippen LogP contribution >= 0.6 is 0 Å². The van der Waals surface area contributed by atoms with Crippen LogP contribution in [-0.4, -0.2) is 11.9 Å². The molecule has 1 aromatic carbocycles. The van der Waals surface area contributed by atoms with Crippen LogP contribution in [0.3, 0.4) is 0 Å². The van der Waals surface area contributed by atoms with E-state index in [1.165, 1.54) is 6.07 Å². The summed E-state index contributed by atoms with van der Waals surface area (Å²) in [4.78, 5) is 46.1. The molecule has 0 fully saturated rings. The fraction of sp³-hybridized carbons (Fsp3) is 0.125. The minimum absolute atomic E-state index is 0. The van der Waals surface area contributed by atoms with Crippen molar-refractivity contribution in [2.45, 2.75) is 13.3 Å². The fourth-order valence-corrected chi connectivity index (χ4v) is 2.50. The number of benzene rings is 1. The number of aryl methyl sites for hydroxylation is 1. The summed E-state index contributed by atoms with van der Waals surface area (Å²) >= 11 is 0. The molecule has 2 aromatic heterocycles. The van der Waals surface area contributed by atoms with Gasteiger partial charge in [0, 0.05) is 17.7 Å². The van der Waals surface area contributed by atoms with Gasteiger partial charge in [-0.25, -0.2) is 0 Å². The number of hydrogen-bond acceptors (Lipinski definition) is 8. The van der Waals surface area contributed by atoms with Gasteiger partial charge in [-0.15, -0.1) is 0 Å². The normalized spacial score (nSPS) is 10.2. The van der Waals surface area contributed by atoms with Gasteiger partial charge in [0.1, 0.15) is 23.1 Å². The third-order valence-corrected chi connectivity index (χ3v) is 3.56. The summed E-state index contributed by atoms with van der Waals surface area (Å²) in [5, 5.41) is 21.9. The second-order valence-electron chi connectivity index (χ2n) is 4.99. The van der Waals surface area contributed by atoms with E-state index >= 15 is 0 Å². The molecule has 3 rings (SSSR count). The molecule has 0 atom stereocenters. The Hall–Kier alpha value is -1.42. The van der Waals surface area contributed by atoms with Crippen LogP contribution in [0, 0.1) is 0 Å². The molecule has 26 heavy (non-hydrogen) atoms. The van der Waals surface area contributed by atoms with Crippen LogP contribution in [0.25, 0.3) is 21.9 Å². The van der Waals surface area contributed by atoms with Gasteiger partial charge in [0.25, 0.3) is 0 Å². The zero-order valence-corrected chi connectivity index (χ0v) is 18.2. The Kier molecular flexibility index (Phi) is 7.41. The first kappa shape index (κ1) is 22.6. The molecule has 0 radical (unpaired) electrons. The van der Waals surface area contributed by atoms with E-state index in [-0.39, 0.29) is 93.0 Å². The van der Waals surface area contributed by atoms with Crippen LogP contribution < -0.4 is 80.2 Å². The summed E-state index contributed by atoms with van der Waals surface area (Å²) in [5.74, 6) is -4.72. The van der Waals surface area contributed by atoms with Crippen molar-refractivity contribution in [3.8, 4) is 0 Å². The Morgan fingerprint density at radius 3 is 1.54 bits per heavy atom. The predicted octanol–water partition coefficient (Wildman–Crippen LogP) is -6.80. The van der Waals surface area contributed by atoms with E-state index in [9.17, 15) is 29.4 Å². The molecule has 0 saturated heterocycles. The molecule has 0 unspecified atom stereocenters. The number of rotatable bonds is 3. The van der Waals surface area contributed by atoms with Crippen molar-refractivity contribution in [1.29, 1.82) is 0 Å². The van der Waals surface area contributed by atoms with E-state index in [1.54, 1.807) is 6.92 Å². The average Bonchev–Trinajstić information content (AvgIpc) is 2.52. The molecule has 0 N–H and O–H groups in total. The number of carboxylic acids is 2. The SMILES string of the molecule is CCc1c2oc(C(=O)[O-])cc(=O)c2cc2c(=O)cc(C(=O)[O-])oc12.[Na+].[Na+]. The molecule has 2 heterocycles. The molecule has 0 saturated carbocycles. The van der Waals surface area contributed by atoms with Crippen LogP contribution in [0.5, 0.6) is 0 Å². The molecule has 0 bridgehead atoms. The van der Waals surface area contributed by atoms with E-state index in [4.69, 9.17) is 8.83 Å². The topological polar surface area (TPSA) is 141 Å². The van der Waals surface area contributed by atoms with Gasteiger partial charge in [0.05, 0.1) is 10.8 Å². The Balaban J connectivity index is 0.00000169. The minimum atomic E-state index is -1.68. The Labute approximate surface area is 189 Å². The Bertz CT molecular complexity index is 1060. The second kappa shape index (κ2) is 8.51. The maximum atomic E-state index is 12.1. The standard InChI is InChI=1S/C16H10O8.2Na/c1-2-6-13-7(9(17)4-11(23-13)15(19)20)3-8-10(18)5-12(16(21)22)24-14(6)8;;/h3-5H,2H2,1H3,(H,19,20)(H,21,22);;/q;2*+1/p-2. The maximum Gasteiger partial charge on any atom is 1.00 e. The van der Waals surface area contributed by atoms with Gasteiger partial charge in [-0.1, -0.05) is 6.92 Å². The zero-order chi connectivity index (χ0) is 17.6. The first-order valence-corrected chi connectivity index (χ1v) is 6.83. The molecule has 0 aliphatic heterocycles. The van der Waals surface area contributed by atoms with E-state index in [1.807, 2.05) is 0 Å². The summed E-state index contributed by atoms with van der Waals surface area (Å²) in [7, 11) is 0. The molecule has 10 heteroatoms. The zero-order valence-electron chi connectivity index (χ0n) is 14.2. The second-order valence-corrected chi connectivity index (χ2v) is 4.99. The quantitative estimate of drug-likeness (QED) is 0.325. The number of carbonyl (C=O) groups excluding carboxylic acids is 2. The van der Waals surface area contributed by atoms with E-state index in [0.29, 0.717) is 0 Å². The largest absolute Gasteiger partial charge is 1.00 e. The Morgan fingerprint density at radius 1 is 0.846 bits per heavy atom. The molecular weight excluding hydrogens is 366 g/mol. The van der Waals surface area contributed by atoms with Gasteiger partial charge in [0.15, 0.2) is 22.4 Å². The average molecular weight is 374 g/mol. The molecule has 8 nitrogen and oxygen atoms in total. The van der Waals surface area contributed by atoms with Crippen molar-refractivity contribution in [2.24, 2.45) is 0 Å². The summed E-state index contributed by atoms with van der Waals surface area (Å²) in [6.07, 6.45) is 0.187. The van der Waals surface area contributed by atoms with E-state index < -0.39 is 34.3 Å². The minimum Gasteiger partial charge on any atom is -0.542 e. The van der Waals surface area contributed by atoms with Gasteiger partial charge >= 0.3 is 59.1 Å². The third kappa shape index (κ3) is 3.80. The smallest absolute Gasteiger partial charge is 0.542 e. The van der Waals surface area contributed by atoms with Crippen molar-refractivity contribution in [3.63, 3.8) is 0 Å². The number of hydrogen-bond donors (Lipinski definition) is 0. The summed E-state index contributed by atoms with van der Waals surface area (Å²) < 4.78 is 10.4. The van der Waals surface area contributed by atoms with Crippen LogP contribution in [0.1, 0.15) is 33.6 Å². The van der Waals surface area contributed by atoms with E-state index in [0.717, 1.165) is 12.1 Å². The van der Waals surface area contributed by atoms with Crippen LogP contribution in [0.15, 0.2) is 36.6 Å². The molecule has 0 amide bonds. The van der Waals surface area contributed by atoms with Gasteiger partial charge in [-0.3, -0.25) is 9.59 Å². The number of fused-ring (bicyclic) bond motifs is 2. The van der Waals surface area contributed by atoms with Crippen molar-refractivity contribution < 1.29 is 87.8 Å². The molecular formula is C16H8Na2O8. The first-order valence-electron chi connectivity index (χ1n) is 6.83. The number of carbonyl (C=O) groups is 2. The Morgan fingerprint density at radius 2 is 1.23 bits per heavy atom. The van der Waals surface area contributed by atoms with Crippen molar-refractivity contribution in [2.75, 3.05) is 0 Å². The van der Waals surface area contributed by atoms with Gasteiger partial charge in [-0.05, 0) is 12.5 Å². The van der Waals surface area contributed by atoms with Crippen LogP contribution in [-0.2, 0) is 6.42 Å². The van der Waals surface area contributed by atoms with Crippen molar-refractivity contribution in [3.05, 3.63) is 55.7 Å². The van der Waals surface area contributed by atoms with Gasteiger partial charge < -0.3 is 28.6 Å². The first-order chi connectivity index (χ1) is 11.3. The van der Waals surface area contributed by atoms with Crippen molar-refractivity contribution in [1.82, 2.24) is 0 Å². The molecule has 3 aromatic rings. The predicted molar refractivity (Wildman–Crippen MR) is 76.6 cm³/mol.